The summed E-state index contributed by atoms with van der Waals surface area (Å²) in [5.41, 5.74) is 0. The van der Waals surface area contributed by atoms with Crippen LogP contribution in [0.4, 0.5) is 0 Å². The van der Waals surface area contributed by atoms with E-state index in [0.717, 1.165) is 6.42 Å². The monoisotopic (exact) mass is 272 g/mol. The van der Waals surface area contributed by atoms with Crippen molar-refractivity contribution >= 4 is 0 Å². The van der Waals surface area contributed by atoms with E-state index in [-0.39, 0.29) is 18.5 Å². The molecule has 0 fully saturated rings. The van der Waals surface area contributed by atoms with Crippen LogP contribution in [0.5, 0.6) is 0 Å². The first-order valence-corrected chi connectivity index (χ1v) is 8.37. The highest BCUT2D eigenvalue weighted by Gasteiger charge is 2.12. The maximum Gasteiger partial charge on any atom is 0.158 e. The first-order chi connectivity index (χ1) is 9.06. The predicted molar refractivity (Wildman–Crippen MR) is 83.5 cm³/mol. The lowest BCUT2D eigenvalue weighted by atomic mass is 10.1. The summed E-state index contributed by atoms with van der Waals surface area (Å²) in [6.45, 7) is 10.6. The zero-order valence-corrected chi connectivity index (χ0v) is 13.9. The average Bonchev–Trinajstić information content (AvgIpc) is 2.30. The molecule has 0 aromatic carbocycles. The van der Waals surface area contributed by atoms with Crippen molar-refractivity contribution in [1.29, 1.82) is 0 Å². The second-order valence-corrected chi connectivity index (χ2v) is 6.06. The molecule has 0 aromatic rings. The Morgan fingerprint density at radius 1 is 0.632 bits per heavy atom. The molecule has 0 atom stereocenters. The molecule has 19 heavy (non-hydrogen) atoms. The molecule has 0 amide bonds. The van der Waals surface area contributed by atoms with Gasteiger partial charge in [0.1, 0.15) is 0 Å². The molecule has 0 unspecified atom stereocenters. The van der Waals surface area contributed by atoms with Gasteiger partial charge in [-0.25, -0.2) is 0 Å². The molecule has 0 aliphatic rings. The fourth-order valence-electron chi connectivity index (χ4n) is 2.22. The van der Waals surface area contributed by atoms with E-state index in [2.05, 4.69) is 34.6 Å². The Bertz CT molecular complexity index is 168. The van der Waals surface area contributed by atoms with Crippen LogP contribution < -0.4 is 0 Å². The fourth-order valence-corrected chi connectivity index (χ4v) is 2.22. The molecule has 0 saturated heterocycles. The lowest BCUT2D eigenvalue weighted by Crippen LogP contribution is -2.24. The van der Waals surface area contributed by atoms with Gasteiger partial charge < -0.3 is 9.47 Å². The molecule has 0 bridgehead atoms. The van der Waals surface area contributed by atoms with Gasteiger partial charge in [-0.1, -0.05) is 51.9 Å². The van der Waals surface area contributed by atoms with E-state index >= 15 is 0 Å². The van der Waals surface area contributed by atoms with Gasteiger partial charge in [0.2, 0.25) is 0 Å². The summed E-state index contributed by atoms with van der Waals surface area (Å²) < 4.78 is 11.6. The fraction of sp³-hybridized carbons (Fsp3) is 1.00. The van der Waals surface area contributed by atoms with Gasteiger partial charge in [-0.15, -0.1) is 0 Å². The molecule has 0 spiro atoms. The van der Waals surface area contributed by atoms with Crippen molar-refractivity contribution in [2.45, 2.75) is 111 Å². The first-order valence-electron chi connectivity index (χ1n) is 8.37. The third-order valence-electron chi connectivity index (χ3n) is 3.14. The molecule has 0 aliphatic carbocycles. The topological polar surface area (TPSA) is 18.5 Å². The molecule has 0 aromatic heterocycles. The largest absolute Gasteiger partial charge is 0.350 e. The Balaban J connectivity index is 3.52. The standard InChI is InChI=1S/C17H36O2/c1-6-7-8-9-10-11-12-13-14-17(18-15(2)3)19-16(4)5/h15-17H,6-14H2,1-5H3. The minimum Gasteiger partial charge on any atom is -0.350 e. The summed E-state index contributed by atoms with van der Waals surface area (Å²) in [6.07, 6.45) is 12.3. The van der Waals surface area contributed by atoms with E-state index in [1.54, 1.807) is 0 Å². The van der Waals surface area contributed by atoms with Crippen LogP contribution in [0, 0.1) is 0 Å². The number of hydrogen-bond acceptors (Lipinski definition) is 2. The summed E-state index contributed by atoms with van der Waals surface area (Å²) in [7, 11) is 0. The molecule has 0 N–H and O–H groups in total. The van der Waals surface area contributed by atoms with Crippen molar-refractivity contribution in [3.8, 4) is 0 Å². The minimum atomic E-state index is -0.0138. The Morgan fingerprint density at radius 2 is 1.05 bits per heavy atom. The number of rotatable bonds is 13. The van der Waals surface area contributed by atoms with Crippen molar-refractivity contribution in [2.24, 2.45) is 0 Å². The van der Waals surface area contributed by atoms with E-state index in [4.69, 9.17) is 9.47 Å². The molecule has 0 radical (unpaired) electrons. The maximum atomic E-state index is 5.80. The van der Waals surface area contributed by atoms with Crippen LogP contribution in [-0.2, 0) is 9.47 Å². The minimum absolute atomic E-state index is 0.0138. The molecule has 0 rings (SSSR count). The van der Waals surface area contributed by atoms with Crippen LogP contribution >= 0.6 is 0 Å². The van der Waals surface area contributed by atoms with Crippen LogP contribution in [0.15, 0.2) is 0 Å². The normalized spacial score (nSPS) is 12.0. The van der Waals surface area contributed by atoms with Crippen LogP contribution in [0.3, 0.4) is 0 Å². The Labute approximate surface area is 121 Å². The van der Waals surface area contributed by atoms with Crippen LogP contribution in [-0.4, -0.2) is 18.5 Å². The van der Waals surface area contributed by atoms with E-state index in [1.807, 2.05) is 0 Å². The van der Waals surface area contributed by atoms with Crippen molar-refractivity contribution in [2.75, 3.05) is 0 Å². The van der Waals surface area contributed by atoms with E-state index in [1.165, 1.54) is 51.4 Å². The SMILES string of the molecule is CCCCCCCCCCC(OC(C)C)OC(C)C. The molecule has 2 nitrogen and oxygen atoms in total. The highest BCUT2D eigenvalue weighted by atomic mass is 16.7. The number of ether oxygens (including phenoxy) is 2. The highest BCUT2D eigenvalue weighted by Crippen LogP contribution is 2.14. The van der Waals surface area contributed by atoms with Crippen molar-refractivity contribution in [3.63, 3.8) is 0 Å². The molecule has 116 valence electrons. The smallest absolute Gasteiger partial charge is 0.158 e. The quantitative estimate of drug-likeness (QED) is 0.316. The lowest BCUT2D eigenvalue weighted by Gasteiger charge is -2.23. The molecular formula is C17H36O2. The van der Waals surface area contributed by atoms with Gasteiger partial charge in [0.25, 0.3) is 0 Å². The van der Waals surface area contributed by atoms with Gasteiger partial charge in [-0.2, -0.15) is 0 Å². The van der Waals surface area contributed by atoms with Gasteiger partial charge in [0.15, 0.2) is 6.29 Å². The van der Waals surface area contributed by atoms with Crippen LogP contribution in [0.2, 0.25) is 0 Å². The Kier molecular flexibility index (Phi) is 12.9. The molecule has 0 heterocycles. The summed E-state index contributed by atoms with van der Waals surface area (Å²) >= 11 is 0. The Hall–Kier alpha value is -0.0800. The van der Waals surface area contributed by atoms with Gasteiger partial charge >= 0.3 is 0 Å². The van der Waals surface area contributed by atoms with Gasteiger partial charge in [0.05, 0.1) is 12.2 Å². The summed E-state index contributed by atoms with van der Waals surface area (Å²) in [4.78, 5) is 0. The third-order valence-corrected chi connectivity index (χ3v) is 3.14. The zero-order valence-electron chi connectivity index (χ0n) is 13.9. The third kappa shape index (κ3) is 14.1. The summed E-state index contributed by atoms with van der Waals surface area (Å²) in [5, 5.41) is 0. The molecule has 0 saturated carbocycles. The molecule has 0 aliphatic heterocycles. The zero-order chi connectivity index (χ0) is 14.5. The molecule has 2 heteroatoms. The van der Waals surface area contributed by atoms with Gasteiger partial charge in [-0.05, 0) is 40.5 Å². The molecular weight excluding hydrogens is 236 g/mol. The summed E-state index contributed by atoms with van der Waals surface area (Å²) in [6, 6.07) is 0. The van der Waals surface area contributed by atoms with Gasteiger partial charge in [-0.3, -0.25) is 0 Å². The Morgan fingerprint density at radius 3 is 1.47 bits per heavy atom. The second kappa shape index (κ2) is 12.9. The maximum absolute atomic E-state index is 5.80. The van der Waals surface area contributed by atoms with E-state index < -0.39 is 0 Å². The first kappa shape index (κ1) is 18.9. The summed E-state index contributed by atoms with van der Waals surface area (Å²) in [5.74, 6) is 0. The van der Waals surface area contributed by atoms with E-state index in [0.29, 0.717) is 0 Å². The number of hydrogen-bond donors (Lipinski definition) is 0. The van der Waals surface area contributed by atoms with Crippen molar-refractivity contribution < 1.29 is 9.47 Å². The van der Waals surface area contributed by atoms with Gasteiger partial charge in [0, 0.05) is 0 Å². The van der Waals surface area contributed by atoms with Crippen molar-refractivity contribution in [3.05, 3.63) is 0 Å². The average molecular weight is 272 g/mol. The van der Waals surface area contributed by atoms with Crippen LogP contribution in [0.1, 0.15) is 92.4 Å². The predicted octanol–water partition coefficient (Wildman–Crippen LogP) is 5.69. The van der Waals surface area contributed by atoms with Crippen molar-refractivity contribution in [1.82, 2.24) is 0 Å². The lowest BCUT2D eigenvalue weighted by molar-refractivity contribution is -0.184. The van der Waals surface area contributed by atoms with E-state index in [9.17, 15) is 0 Å². The number of unbranched alkanes of at least 4 members (excludes halogenated alkanes) is 7. The second-order valence-electron chi connectivity index (χ2n) is 6.06. The highest BCUT2D eigenvalue weighted by molar-refractivity contribution is 4.53. The van der Waals surface area contributed by atoms with Crippen LogP contribution in [0.25, 0.3) is 0 Å².